The van der Waals surface area contributed by atoms with Gasteiger partial charge in [-0.05, 0) is 156 Å². The van der Waals surface area contributed by atoms with Crippen LogP contribution in [0.1, 0.15) is 147 Å². The minimum atomic E-state index is -4.36. The number of halogens is 1. The van der Waals surface area contributed by atoms with Gasteiger partial charge in [-0.3, -0.25) is 4.79 Å². The molecule has 0 aliphatic rings. The third-order valence-electron chi connectivity index (χ3n) is 13.2. The zero-order valence-electron chi connectivity index (χ0n) is 52.1. The molecule has 4 amide bonds. The summed E-state index contributed by atoms with van der Waals surface area (Å²) in [5.41, 5.74) is 2.51. The minimum Gasteiger partial charge on any atom is -0.497 e. The van der Waals surface area contributed by atoms with Gasteiger partial charge in [0.25, 0.3) is 20.0 Å². The number of benzene rings is 6. The number of ketones is 1. The van der Waals surface area contributed by atoms with E-state index in [1.165, 1.54) is 92.9 Å². The zero-order chi connectivity index (χ0) is 63.9. The van der Waals surface area contributed by atoms with E-state index >= 15 is 0 Å². The first-order valence-electron chi connectivity index (χ1n) is 28.8. The Morgan fingerprint density at radius 1 is 0.517 bits per heavy atom. The van der Waals surface area contributed by atoms with Crippen LogP contribution < -0.4 is 39.0 Å². The van der Waals surface area contributed by atoms with Gasteiger partial charge < -0.3 is 29.6 Å². The number of amides is 4. The van der Waals surface area contributed by atoms with Crippen LogP contribution in [0.5, 0.6) is 34.5 Å². The van der Waals surface area contributed by atoms with Gasteiger partial charge in [-0.2, -0.15) is 0 Å². The Hall–Kier alpha value is -6.55. The molecule has 6 rings (SSSR count). The van der Waals surface area contributed by atoms with Crippen LogP contribution >= 0.6 is 15.9 Å². The topological polar surface area (TPSA) is 214 Å². The van der Waals surface area contributed by atoms with E-state index in [0.29, 0.717) is 16.0 Å². The molecule has 0 unspecified atom stereocenters. The van der Waals surface area contributed by atoms with Gasteiger partial charge in [0.05, 0.1) is 14.2 Å². The summed E-state index contributed by atoms with van der Waals surface area (Å²) in [6.45, 7) is 25.9. The summed E-state index contributed by atoms with van der Waals surface area (Å²) in [7, 11) is -5.37. The van der Waals surface area contributed by atoms with Gasteiger partial charge in [0.2, 0.25) is 0 Å². The van der Waals surface area contributed by atoms with Crippen molar-refractivity contribution in [2.75, 3.05) is 20.8 Å². The number of carbonyl (C=O) groups excluding carboxylic acids is 3. The molecule has 0 spiro atoms. The Labute approximate surface area is 545 Å². The average molecular weight is 1440 g/mol. The maximum Gasteiger partial charge on any atom is 0.329 e. The van der Waals surface area contributed by atoms with Crippen molar-refractivity contribution in [3.8, 4) is 56.8 Å². The second-order valence-electron chi connectivity index (χ2n) is 22.6. The average Bonchev–Trinajstić information content (AvgIpc) is 1.21. The molecule has 0 atom stereocenters. The summed E-state index contributed by atoms with van der Waals surface area (Å²) in [5, 5.41) is 5.11. The molecule has 16 nitrogen and oxygen atoms in total. The molecule has 4 N–H and O–H groups in total. The summed E-state index contributed by atoms with van der Waals surface area (Å²) < 4.78 is 90.5. The van der Waals surface area contributed by atoms with Gasteiger partial charge in [0, 0.05) is 21.1 Å². The molecule has 0 saturated carbocycles. The molecule has 0 bridgehead atoms. The predicted octanol–water partition coefficient (Wildman–Crippen LogP) is 18.7. The zero-order valence-corrected chi connectivity index (χ0v) is 58.1. The van der Waals surface area contributed by atoms with Gasteiger partial charge in [0.15, 0.2) is 5.78 Å². The molecule has 0 heterocycles. The third kappa shape index (κ3) is 26.4. The quantitative estimate of drug-likeness (QED) is 0.0239. The Morgan fingerprint density at radius 3 is 1.25 bits per heavy atom. The normalized spacial score (nSPS) is 11.1. The van der Waals surface area contributed by atoms with E-state index in [4.69, 9.17) is 23.7 Å². The van der Waals surface area contributed by atoms with Gasteiger partial charge >= 0.3 is 132 Å². The first-order chi connectivity index (χ1) is 40.5. The fourth-order valence-electron chi connectivity index (χ4n) is 8.85. The van der Waals surface area contributed by atoms with Crippen molar-refractivity contribution in [2.24, 2.45) is 0 Å². The van der Waals surface area contributed by atoms with Crippen molar-refractivity contribution < 1.29 is 54.9 Å². The molecule has 20 heteroatoms. The largest absolute Gasteiger partial charge is 0.497 e. The number of unbranched alkanes of at least 4 members (excludes halogenated alkanes) is 3. The van der Waals surface area contributed by atoms with E-state index in [0.717, 1.165) is 40.4 Å². The van der Waals surface area contributed by atoms with E-state index in [2.05, 4.69) is 60.8 Å². The number of hydrogen-bond acceptors (Lipinski definition) is 12. The van der Waals surface area contributed by atoms with Crippen LogP contribution in [0.4, 0.5) is 9.59 Å². The van der Waals surface area contributed by atoms with Gasteiger partial charge in [0.1, 0.15) is 44.3 Å². The van der Waals surface area contributed by atoms with Crippen LogP contribution in [0, 0.1) is 0 Å². The second-order valence-corrected chi connectivity index (χ2v) is 40.0. The summed E-state index contributed by atoms with van der Waals surface area (Å²) in [6.07, 6.45) is 8.10. The van der Waals surface area contributed by atoms with Crippen LogP contribution in [0.2, 0.25) is 13.3 Å². The van der Waals surface area contributed by atoms with Crippen molar-refractivity contribution >= 4 is 72.2 Å². The molecule has 0 aliphatic carbocycles. The first kappa shape index (κ1) is 80.5. The molecule has 0 radical (unpaired) electrons. The number of sulfonamides is 2. The Balaban J connectivity index is 0.000000690. The van der Waals surface area contributed by atoms with Crippen LogP contribution in [-0.4, -0.2) is 85.0 Å². The van der Waals surface area contributed by atoms with Crippen molar-refractivity contribution in [3.63, 3.8) is 0 Å². The first-order valence-corrected chi connectivity index (χ1v) is 40.1. The number of rotatable bonds is 25. The monoisotopic (exact) mass is 1440 g/mol. The van der Waals surface area contributed by atoms with Crippen molar-refractivity contribution in [1.29, 1.82) is 0 Å². The van der Waals surface area contributed by atoms with E-state index in [-0.39, 0.29) is 54.9 Å². The molecular formula is C69H99BrN4O12S2Sn. The maximum absolute atomic E-state index is 13.1. The standard InChI is InChI=1S/C26H28N2O6S.C24H25BrN2O5S.C4H7O.3C4H9.3CH4.Sn/c1-17(29)19-11-14-23(24(16-19)35(31,32)28-25(30)27-26(2,3)4)34-22-8-6-7-20(15-22)18-9-12-21(33-5)13-10-18;1-24(2,3)26-23(28)27-33(29,30)22-15-18(25)10-13-21(22)32-20-7-5-6-17(14-20)16-8-11-19(31-4)12-9-16;1-3-5-4-2;3*1-3-4-2;;;;/h6-16H,1-5H3,(H2,27,28,30);5-15H,1-4H3,(H2,26,27,28);1,4H2,2H3;3*1,3-4H2,2H3;3*1H4;. The predicted molar refractivity (Wildman–Crippen MR) is 371 cm³/mol. The molecule has 0 aromatic heterocycles. The number of ether oxygens (including phenoxy) is 5. The fourth-order valence-corrected chi connectivity index (χ4v) is 26.1. The molecule has 490 valence electrons. The smallest absolute Gasteiger partial charge is 0.329 e. The minimum absolute atomic E-state index is 0. The summed E-state index contributed by atoms with van der Waals surface area (Å²) in [4.78, 5) is 35.9. The van der Waals surface area contributed by atoms with Crippen LogP contribution in [-0.2, 0) is 24.8 Å². The van der Waals surface area contributed by atoms with Crippen molar-refractivity contribution in [1.82, 2.24) is 20.1 Å². The maximum atomic E-state index is 13.1. The summed E-state index contributed by atoms with van der Waals surface area (Å²) in [5.74, 6) is 2.03. The molecule has 6 aromatic carbocycles. The number of Topliss-reactive ketones (excluding diaryl/α,β-unsaturated/α-hetero) is 1. The van der Waals surface area contributed by atoms with E-state index < -0.39 is 61.6 Å². The molecule has 89 heavy (non-hydrogen) atoms. The van der Waals surface area contributed by atoms with Crippen LogP contribution in [0.3, 0.4) is 0 Å². The van der Waals surface area contributed by atoms with Gasteiger partial charge in [-0.1, -0.05) is 86.7 Å². The summed E-state index contributed by atoms with van der Waals surface area (Å²) in [6, 6.07) is 36.3. The molecular weight excluding hydrogens is 1340 g/mol. The van der Waals surface area contributed by atoms with E-state index in [1.807, 2.05) is 76.2 Å². The molecule has 0 aliphatic heterocycles. The number of carbonyl (C=O) groups is 3. The molecule has 0 fully saturated rings. The van der Waals surface area contributed by atoms with Gasteiger partial charge in [-0.15, -0.1) is 0 Å². The number of urea groups is 2. The number of nitrogens with one attached hydrogen (secondary N) is 4. The Kier molecular flexibility index (Phi) is 34.0. The van der Waals surface area contributed by atoms with Crippen molar-refractivity contribution in [2.45, 2.75) is 171 Å². The third-order valence-corrected chi connectivity index (χ3v) is 31.4. The Bertz CT molecular complexity index is 3420. The number of hydrogen-bond donors (Lipinski definition) is 4. The van der Waals surface area contributed by atoms with Crippen LogP contribution in [0.15, 0.2) is 158 Å². The summed E-state index contributed by atoms with van der Waals surface area (Å²) >= 11 is 1.04. The van der Waals surface area contributed by atoms with Gasteiger partial charge in [-0.25, -0.2) is 35.9 Å². The molecule has 0 saturated heterocycles. The second kappa shape index (κ2) is 37.6. The molecule has 6 aromatic rings. The number of methoxy groups -OCH3 is 2. The SMILES string of the molecule is C.C.C.C=[C](OCC)[Sn]([CH2]CCC)([CH2]CCC)[CH2]CCC.COc1ccc(-c2cccc(Oc3ccc(Br)cc3S(=O)(=O)NC(=O)NC(C)(C)C)c2)cc1.COc1ccc(-c2cccc(Oc3ccc(C(C)=O)cc3S(=O)(=O)NC(=O)NC(C)(C)C)c2)cc1. The fraction of sp³-hybridized carbons (Fsp3) is 0.406. The Morgan fingerprint density at radius 2 is 0.899 bits per heavy atom. The van der Waals surface area contributed by atoms with E-state index in [1.54, 1.807) is 92.2 Å². The van der Waals surface area contributed by atoms with Crippen LogP contribution in [0.25, 0.3) is 22.3 Å². The van der Waals surface area contributed by atoms with E-state index in [9.17, 15) is 31.2 Å². The van der Waals surface area contributed by atoms with Crippen molar-refractivity contribution in [3.05, 3.63) is 154 Å².